The van der Waals surface area contributed by atoms with Crippen molar-refractivity contribution in [1.29, 1.82) is 0 Å². The number of nitrogens with one attached hydrogen (secondary N) is 2. The Morgan fingerprint density at radius 3 is 2.71 bits per heavy atom. The number of anilines is 3. The molecule has 4 nitrogen and oxygen atoms in total. The molecule has 0 atom stereocenters. The molecule has 0 bridgehead atoms. The Hall–Kier alpha value is -1.27. The number of aromatic nitrogens is 2. The van der Waals surface area contributed by atoms with Gasteiger partial charge in [0.15, 0.2) is 5.16 Å². The van der Waals surface area contributed by atoms with Crippen molar-refractivity contribution < 1.29 is 0 Å². The number of halogens is 1. The van der Waals surface area contributed by atoms with Crippen LogP contribution in [0, 0.1) is 6.92 Å². The van der Waals surface area contributed by atoms with Crippen LogP contribution >= 0.6 is 27.7 Å². The second-order valence-electron chi connectivity index (χ2n) is 4.59. The smallest absolute Gasteiger partial charge is 0.191 e. The van der Waals surface area contributed by atoms with E-state index in [1.807, 2.05) is 30.5 Å². The molecule has 1 heterocycles. The van der Waals surface area contributed by atoms with Crippen LogP contribution in [0.3, 0.4) is 0 Å². The van der Waals surface area contributed by atoms with Crippen molar-refractivity contribution in [1.82, 2.24) is 9.97 Å². The standard InChI is InChI=1S/C15H19BrN4S/c1-4-8-17-13-9-14(20-15(19-13)21-3)18-12-7-5-6-11(16)10(12)2/h5-7,9H,4,8H2,1-3H3,(H2,17,18,19,20). The Labute approximate surface area is 138 Å². The van der Waals surface area contributed by atoms with Gasteiger partial charge in [-0.25, -0.2) is 9.97 Å². The summed E-state index contributed by atoms with van der Waals surface area (Å²) < 4.78 is 1.08. The fourth-order valence-electron chi connectivity index (χ4n) is 1.80. The van der Waals surface area contributed by atoms with Crippen molar-refractivity contribution in [2.75, 3.05) is 23.4 Å². The second-order valence-corrected chi connectivity index (χ2v) is 6.22. The van der Waals surface area contributed by atoms with Gasteiger partial charge < -0.3 is 10.6 Å². The molecule has 2 aromatic rings. The average molecular weight is 367 g/mol. The van der Waals surface area contributed by atoms with Crippen LogP contribution in [0.5, 0.6) is 0 Å². The monoisotopic (exact) mass is 366 g/mol. The molecule has 0 aliphatic heterocycles. The zero-order valence-corrected chi connectivity index (χ0v) is 14.8. The molecule has 2 N–H and O–H groups in total. The molecule has 0 saturated heterocycles. The highest BCUT2D eigenvalue weighted by atomic mass is 79.9. The molecule has 0 saturated carbocycles. The first kappa shape index (κ1) is 16.1. The quantitative estimate of drug-likeness (QED) is 0.565. The van der Waals surface area contributed by atoms with Gasteiger partial charge in [0.2, 0.25) is 0 Å². The maximum atomic E-state index is 4.51. The molecule has 1 aromatic carbocycles. The van der Waals surface area contributed by atoms with Crippen molar-refractivity contribution in [2.45, 2.75) is 25.4 Å². The van der Waals surface area contributed by atoms with E-state index >= 15 is 0 Å². The maximum absolute atomic E-state index is 4.51. The van der Waals surface area contributed by atoms with Crippen LogP contribution in [-0.4, -0.2) is 22.8 Å². The summed E-state index contributed by atoms with van der Waals surface area (Å²) in [6, 6.07) is 8.02. The van der Waals surface area contributed by atoms with E-state index in [4.69, 9.17) is 0 Å². The summed E-state index contributed by atoms with van der Waals surface area (Å²) in [6.07, 6.45) is 3.04. The maximum Gasteiger partial charge on any atom is 0.191 e. The Bertz CT molecular complexity index is 619. The van der Waals surface area contributed by atoms with Gasteiger partial charge in [-0.2, -0.15) is 0 Å². The van der Waals surface area contributed by atoms with Gasteiger partial charge in [0.25, 0.3) is 0 Å². The summed E-state index contributed by atoms with van der Waals surface area (Å²) >= 11 is 5.08. The molecule has 0 radical (unpaired) electrons. The molecule has 21 heavy (non-hydrogen) atoms. The van der Waals surface area contributed by atoms with Crippen molar-refractivity contribution >= 4 is 45.0 Å². The van der Waals surface area contributed by atoms with Gasteiger partial charge >= 0.3 is 0 Å². The van der Waals surface area contributed by atoms with Gasteiger partial charge in [0, 0.05) is 22.8 Å². The van der Waals surface area contributed by atoms with Gasteiger partial charge in [-0.3, -0.25) is 0 Å². The van der Waals surface area contributed by atoms with Crippen LogP contribution in [0.15, 0.2) is 33.9 Å². The first-order valence-corrected chi connectivity index (χ1v) is 8.85. The summed E-state index contributed by atoms with van der Waals surface area (Å²) in [6.45, 7) is 5.10. The molecule has 0 spiro atoms. The van der Waals surface area contributed by atoms with E-state index in [2.05, 4.69) is 50.4 Å². The van der Waals surface area contributed by atoms with Gasteiger partial charge in [-0.05, 0) is 37.3 Å². The molecule has 0 aliphatic rings. The fourth-order valence-corrected chi connectivity index (χ4v) is 2.55. The topological polar surface area (TPSA) is 49.8 Å². The number of benzene rings is 1. The van der Waals surface area contributed by atoms with E-state index in [9.17, 15) is 0 Å². The van der Waals surface area contributed by atoms with E-state index < -0.39 is 0 Å². The highest BCUT2D eigenvalue weighted by Crippen LogP contribution is 2.27. The Kier molecular flexibility index (Phi) is 5.87. The van der Waals surface area contributed by atoms with Gasteiger partial charge in [-0.1, -0.05) is 40.7 Å². The van der Waals surface area contributed by atoms with Gasteiger partial charge in [0.05, 0.1) is 0 Å². The van der Waals surface area contributed by atoms with Crippen molar-refractivity contribution in [2.24, 2.45) is 0 Å². The lowest BCUT2D eigenvalue weighted by Crippen LogP contribution is -2.05. The summed E-state index contributed by atoms with van der Waals surface area (Å²) in [5.74, 6) is 1.65. The fraction of sp³-hybridized carbons (Fsp3) is 0.333. The minimum atomic E-state index is 0.756. The highest BCUT2D eigenvalue weighted by molar-refractivity contribution is 9.10. The third-order valence-corrected chi connectivity index (χ3v) is 4.38. The minimum Gasteiger partial charge on any atom is -0.370 e. The van der Waals surface area contributed by atoms with Crippen LogP contribution < -0.4 is 10.6 Å². The summed E-state index contributed by atoms with van der Waals surface area (Å²) in [5.41, 5.74) is 2.20. The van der Waals surface area contributed by atoms with Crippen molar-refractivity contribution in [3.8, 4) is 0 Å². The Morgan fingerprint density at radius 1 is 1.24 bits per heavy atom. The minimum absolute atomic E-state index is 0.756. The van der Waals surface area contributed by atoms with Gasteiger partial charge in [0.1, 0.15) is 11.6 Å². The van der Waals surface area contributed by atoms with Crippen LogP contribution in [0.4, 0.5) is 17.3 Å². The Balaban J connectivity index is 2.28. The number of thioether (sulfide) groups is 1. The third kappa shape index (κ3) is 4.35. The van der Waals surface area contributed by atoms with Crippen LogP contribution in [-0.2, 0) is 0 Å². The highest BCUT2D eigenvalue weighted by Gasteiger charge is 2.07. The summed E-state index contributed by atoms with van der Waals surface area (Å²) in [7, 11) is 0. The van der Waals surface area contributed by atoms with Crippen LogP contribution in [0.25, 0.3) is 0 Å². The SMILES string of the molecule is CCCNc1cc(Nc2cccc(Br)c2C)nc(SC)n1. The largest absolute Gasteiger partial charge is 0.370 e. The molecule has 0 fully saturated rings. The zero-order chi connectivity index (χ0) is 15.2. The van der Waals surface area contributed by atoms with Crippen molar-refractivity contribution in [3.05, 3.63) is 34.3 Å². The molecule has 2 rings (SSSR count). The summed E-state index contributed by atoms with van der Waals surface area (Å²) in [4.78, 5) is 8.97. The van der Waals surface area contributed by atoms with Crippen LogP contribution in [0.1, 0.15) is 18.9 Å². The number of nitrogens with zero attached hydrogens (tertiary/aromatic N) is 2. The molecule has 0 amide bonds. The molecule has 1 aromatic heterocycles. The molecular weight excluding hydrogens is 348 g/mol. The van der Waals surface area contributed by atoms with E-state index in [0.717, 1.165) is 45.5 Å². The summed E-state index contributed by atoms with van der Waals surface area (Å²) in [5, 5.41) is 7.43. The molecule has 6 heteroatoms. The number of hydrogen-bond acceptors (Lipinski definition) is 5. The predicted octanol–water partition coefficient (Wildman–Crippen LogP) is 4.83. The molecule has 0 aliphatic carbocycles. The van der Waals surface area contributed by atoms with E-state index in [-0.39, 0.29) is 0 Å². The molecule has 0 unspecified atom stereocenters. The molecule has 112 valence electrons. The van der Waals surface area contributed by atoms with Crippen LogP contribution in [0.2, 0.25) is 0 Å². The predicted molar refractivity (Wildman–Crippen MR) is 94.8 cm³/mol. The van der Waals surface area contributed by atoms with E-state index in [1.165, 1.54) is 11.8 Å². The lowest BCUT2D eigenvalue weighted by Gasteiger charge is -2.12. The first-order valence-electron chi connectivity index (χ1n) is 6.83. The first-order chi connectivity index (χ1) is 10.1. The van der Waals surface area contributed by atoms with Crippen molar-refractivity contribution in [3.63, 3.8) is 0 Å². The normalized spacial score (nSPS) is 10.5. The lowest BCUT2D eigenvalue weighted by molar-refractivity contribution is 0.929. The Morgan fingerprint density at radius 2 is 2.00 bits per heavy atom. The number of hydrogen-bond donors (Lipinski definition) is 2. The zero-order valence-electron chi connectivity index (χ0n) is 12.4. The van der Waals surface area contributed by atoms with E-state index in [1.54, 1.807) is 0 Å². The average Bonchev–Trinajstić information content (AvgIpc) is 2.49. The second kappa shape index (κ2) is 7.66. The number of rotatable bonds is 6. The molecular formula is C15H19BrN4S. The third-order valence-electron chi connectivity index (χ3n) is 2.97. The van der Waals surface area contributed by atoms with Gasteiger partial charge in [-0.15, -0.1) is 0 Å². The lowest BCUT2D eigenvalue weighted by atomic mass is 10.2. The van der Waals surface area contributed by atoms with E-state index in [0.29, 0.717) is 0 Å².